The summed E-state index contributed by atoms with van der Waals surface area (Å²) in [5.41, 5.74) is 0. The molecular formula is C8HF18IMg. The minimum Gasteiger partial charge on any atom is -0.235 e. The lowest BCUT2D eigenvalue weighted by Gasteiger charge is -2.40. The Kier molecular flexibility index (Phi) is 8.40. The molecule has 0 rings (SSSR count). The van der Waals surface area contributed by atoms with E-state index in [1.807, 2.05) is 0 Å². The van der Waals surface area contributed by atoms with E-state index in [2.05, 4.69) is 0 Å². The quantitative estimate of drug-likeness (QED) is 0.198. The summed E-state index contributed by atoms with van der Waals surface area (Å²) in [4.78, 5) is 0. The molecule has 0 aliphatic heterocycles. The van der Waals surface area contributed by atoms with Gasteiger partial charge in [0, 0.05) is 0 Å². The minimum absolute atomic E-state index is 0. The molecule has 0 fully saturated rings. The first-order valence-corrected chi connectivity index (χ1v) is 7.02. The van der Waals surface area contributed by atoms with Crippen LogP contribution in [0.15, 0.2) is 0 Å². The fourth-order valence-electron chi connectivity index (χ4n) is 1.29. The topological polar surface area (TPSA) is 0 Å². The molecule has 0 spiro atoms. The highest BCUT2D eigenvalue weighted by Gasteiger charge is 2.91. The van der Waals surface area contributed by atoms with E-state index >= 15 is 0 Å². The molecule has 0 saturated carbocycles. The molecular weight excluding hydrogens is 589 g/mol. The van der Waals surface area contributed by atoms with E-state index in [0.29, 0.717) is 0 Å². The average molecular weight is 590 g/mol. The number of halogens is 19. The van der Waals surface area contributed by atoms with Gasteiger partial charge in [-0.2, -0.15) is 61.5 Å². The molecule has 168 valence electrons. The van der Waals surface area contributed by atoms with Crippen molar-refractivity contribution < 1.29 is 79.0 Å². The lowest BCUT2D eigenvalue weighted by atomic mass is 9.98. The Hall–Kier alpha value is 0.236. The zero-order valence-corrected chi connectivity index (χ0v) is 15.7. The van der Waals surface area contributed by atoms with Crippen molar-refractivity contribution in [2.45, 2.75) is 44.1 Å². The predicted octanol–water partition coefficient (Wildman–Crippen LogP) is 6.16. The van der Waals surface area contributed by atoms with Crippen LogP contribution in [0.4, 0.5) is 79.0 Å². The van der Waals surface area contributed by atoms with Crippen molar-refractivity contribution in [3.63, 3.8) is 0 Å². The van der Waals surface area contributed by atoms with Gasteiger partial charge in [-0.3, -0.25) is 0 Å². The Morgan fingerprint density at radius 2 is 0.607 bits per heavy atom. The van der Waals surface area contributed by atoms with Crippen molar-refractivity contribution in [2.24, 2.45) is 0 Å². The second-order valence-corrected chi connectivity index (χ2v) is 7.01. The smallest absolute Gasteiger partial charge is 0.235 e. The normalized spacial score (nSPS) is 15.8. The van der Waals surface area contributed by atoms with Crippen LogP contribution in [-0.4, -0.2) is 64.5 Å². The molecule has 0 bridgehead atoms. The highest BCUT2D eigenvalue weighted by Crippen LogP contribution is 2.60. The highest BCUT2D eigenvalue weighted by atomic mass is 127. The van der Waals surface area contributed by atoms with Crippen molar-refractivity contribution in [1.82, 2.24) is 0 Å². The van der Waals surface area contributed by atoms with Crippen molar-refractivity contribution in [3.05, 3.63) is 0 Å². The van der Waals surface area contributed by atoms with Crippen LogP contribution in [0.3, 0.4) is 0 Å². The van der Waals surface area contributed by atoms with Gasteiger partial charge in [0.2, 0.25) is 8.10 Å². The molecule has 0 aromatic carbocycles. The third-order valence-electron chi connectivity index (χ3n) is 2.86. The summed E-state index contributed by atoms with van der Waals surface area (Å²) in [5.74, 6) is -33.0. The fraction of sp³-hybridized carbons (Fsp3) is 1.00. The van der Waals surface area contributed by atoms with Crippen molar-refractivity contribution in [1.29, 1.82) is 0 Å². The van der Waals surface area contributed by atoms with Gasteiger partial charge < -0.3 is 0 Å². The second-order valence-electron chi connectivity index (χ2n) is 4.88. The summed E-state index contributed by atoms with van der Waals surface area (Å²) in [6, 6.07) is 0. The van der Waals surface area contributed by atoms with Crippen LogP contribution >= 0.6 is 24.0 Å². The van der Waals surface area contributed by atoms with Crippen LogP contribution in [0.2, 0.25) is 0 Å². The van der Waals surface area contributed by atoms with Crippen LogP contribution in [0.1, 0.15) is 0 Å². The molecule has 0 N–H and O–H groups in total. The summed E-state index contributed by atoms with van der Waals surface area (Å²) >= 11 is -6.24. The molecule has 0 aliphatic carbocycles. The molecule has 0 aromatic rings. The zero-order valence-electron chi connectivity index (χ0n) is 11.9. The number of hydrogen-bond donors (Lipinski definition) is 0. The Bertz CT molecular complexity index is 543. The third-order valence-corrected chi connectivity index (χ3v) is 4.59. The molecule has 0 aliphatic rings. The standard InChI is InChI=1S/C6F13.C2F5.HI.Mg/c7-1(8)2(9,10)3(11,12)4(13,14)5(15,16)6(17,18)19;3-1(4)2(5,6)7;;/h;;1H;. The van der Waals surface area contributed by atoms with Gasteiger partial charge in [0.25, 0.3) is 0 Å². The second kappa shape index (κ2) is 7.73. The van der Waals surface area contributed by atoms with Crippen LogP contribution < -0.4 is 0 Å². The van der Waals surface area contributed by atoms with Gasteiger partial charge in [-0.15, -0.1) is 24.0 Å². The lowest BCUT2D eigenvalue weighted by molar-refractivity contribution is -0.434. The fourth-order valence-corrected chi connectivity index (χ4v) is 2.49. The van der Waals surface area contributed by atoms with Gasteiger partial charge in [0.1, 0.15) is 0 Å². The van der Waals surface area contributed by atoms with Gasteiger partial charge in [-0.25, -0.2) is 17.6 Å². The molecule has 20 heteroatoms. The maximum Gasteiger partial charge on any atom is 0.611 e. The Morgan fingerprint density at radius 1 is 0.321 bits per heavy atom. The molecule has 0 saturated heterocycles. The van der Waals surface area contributed by atoms with E-state index in [9.17, 15) is 79.0 Å². The van der Waals surface area contributed by atoms with E-state index in [1.165, 1.54) is 0 Å². The van der Waals surface area contributed by atoms with Gasteiger partial charge in [0.05, 0.1) is 0 Å². The van der Waals surface area contributed by atoms with Crippen molar-refractivity contribution in [2.75, 3.05) is 0 Å². The Labute approximate surface area is 167 Å². The molecule has 0 atom stereocenters. The molecule has 0 aromatic heterocycles. The van der Waals surface area contributed by atoms with E-state index in [-0.39, 0.29) is 24.0 Å². The SMILES string of the molecule is FC(F)(F)[C](F)(F)[Mg][C](F)(F)C(F)(F)C(F)(F)C(F)(F)C(F)(F)C(F)(F)F.I. The van der Waals surface area contributed by atoms with Gasteiger partial charge >= 0.3 is 56.4 Å². The van der Waals surface area contributed by atoms with Crippen molar-refractivity contribution in [3.8, 4) is 0 Å². The van der Waals surface area contributed by atoms with E-state index < -0.39 is 64.5 Å². The Balaban J connectivity index is 0. The number of rotatable bonds is 6. The van der Waals surface area contributed by atoms with Crippen LogP contribution in [-0.2, 0) is 0 Å². The van der Waals surface area contributed by atoms with Crippen LogP contribution in [0, 0.1) is 0 Å². The molecule has 28 heavy (non-hydrogen) atoms. The molecule has 0 radical (unpaired) electrons. The van der Waals surface area contributed by atoms with E-state index in [1.54, 1.807) is 0 Å². The van der Waals surface area contributed by atoms with Crippen LogP contribution in [0.25, 0.3) is 0 Å². The first-order valence-electron chi connectivity index (χ1n) is 5.61. The maximum absolute atomic E-state index is 13.0. The minimum atomic E-state index is -8.39. The Morgan fingerprint density at radius 3 is 0.857 bits per heavy atom. The summed E-state index contributed by atoms with van der Waals surface area (Å²) in [6.45, 7) is 0. The molecule has 0 unspecified atom stereocenters. The zero-order chi connectivity index (χ0) is 22.7. The number of alkyl halides is 18. The number of hydrogen-bond acceptors (Lipinski definition) is 0. The van der Waals surface area contributed by atoms with Gasteiger partial charge in [-0.05, 0) is 0 Å². The largest absolute Gasteiger partial charge is 0.611 e. The van der Waals surface area contributed by atoms with E-state index in [4.69, 9.17) is 0 Å². The third kappa shape index (κ3) is 4.61. The van der Waals surface area contributed by atoms with Crippen LogP contribution in [0.5, 0.6) is 0 Å². The van der Waals surface area contributed by atoms with Gasteiger partial charge in [0.15, 0.2) is 0 Å². The first kappa shape index (κ1) is 30.4. The molecule has 0 heterocycles. The summed E-state index contributed by atoms with van der Waals surface area (Å²) in [7, 11) is 0. The lowest BCUT2D eigenvalue weighted by Crippen LogP contribution is -2.72. The summed E-state index contributed by atoms with van der Waals surface area (Å²) in [6.07, 6.45) is -14.8. The maximum atomic E-state index is 13.0. The summed E-state index contributed by atoms with van der Waals surface area (Å²) < 4.78 is 209. The monoisotopic (exact) mass is 590 g/mol. The van der Waals surface area contributed by atoms with Gasteiger partial charge in [-0.1, -0.05) is 0 Å². The predicted molar refractivity (Wildman–Crippen MR) is 63.0 cm³/mol. The molecule has 0 nitrogen and oxygen atoms in total. The average Bonchev–Trinajstić information content (AvgIpc) is 2.33. The van der Waals surface area contributed by atoms with Crippen molar-refractivity contribution >= 4 is 44.3 Å². The highest BCUT2D eigenvalue weighted by molar-refractivity contribution is 14.0. The van der Waals surface area contributed by atoms with E-state index in [0.717, 1.165) is 0 Å². The first-order chi connectivity index (χ1) is 11.2. The summed E-state index contributed by atoms with van der Waals surface area (Å²) in [5, 5.41) is 0. The molecule has 0 amide bonds.